The van der Waals surface area contributed by atoms with Crippen LogP contribution in [0.2, 0.25) is 10.0 Å². The molecule has 3 rings (SSSR count). The van der Waals surface area contributed by atoms with Gasteiger partial charge in [0.05, 0.1) is 0 Å². The lowest BCUT2D eigenvalue weighted by Gasteiger charge is -2.25. The molecule has 3 nitrogen and oxygen atoms in total. The zero-order valence-electron chi connectivity index (χ0n) is 12.6. The van der Waals surface area contributed by atoms with Gasteiger partial charge >= 0.3 is 6.03 Å². The molecule has 6 heteroatoms. The third-order valence-electron chi connectivity index (χ3n) is 3.68. The number of carbonyl (C=O) groups excluding carboxylic acids is 1. The Hall–Kier alpha value is -1.36. The van der Waals surface area contributed by atoms with Crippen LogP contribution in [0.15, 0.2) is 42.5 Å². The van der Waals surface area contributed by atoms with Crippen molar-refractivity contribution in [1.29, 1.82) is 0 Å². The quantitative estimate of drug-likeness (QED) is 0.751. The average Bonchev–Trinajstić information content (AvgIpc) is 2.99. The number of nitrogens with one attached hydrogen (secondary N) is 1. The van der Waals surface area contributed by atoms with E-state index in [1.54, 1.807) is 28.8 Å². The molecule has 23 heavy (non-hydrogen) atoms. The van der Waals surface area contributed by atoms with Crippen LogP contribution in [0, 0.1) is 6.92 Å². The summed E-state index contributed by atoms with van der Waals surface area (Å²) in [6.07, 6.45) is 0. The van der Waals surface area contributed by atoms with E-state index in [2.05, 4.69) is 5.32 Å². The molecule has 120 valence electrons. The Bertz CT molecular complexity index is 721. The fraction of sp³-hybridized carbons (Fsp3) is 0.235. The molecular formula is C17H16Cl2N2OS. The lowest BCUT2D eigenvalue weighted by atomic mass is 10.2. The van der Waals surface area contributed by atoms with Crippen molar-refractivity contribution in [1.82, 2.24) is 4.90 Å². The molecule has 2 aromatic rings. The predicted octanol–water partition coefficient (Wildman–Crippen LogP) is 5.58. The number of amides is 2. The minimum atomic E-state index is -0.116. The molecule has 2 amide bonds. The first-order valence-electron chi connectivity index (χ1n) is 7.25. The second-order valence-electron chi connectivity index (χ2n) is 5.38. The van der Waals surface area contributed by atoms with E-state index in [4.69, 9.17) is 23.2 Å². The van der Waals surface area contributed by atoms with Crippen LogP contribution < -0.4 is 5.32 Å². The number of nitrogens with zero attached hydrogens (tertiary/aromatic N) is 1. The summed E-state index contributed by atoms with van der Waals surface area (Å²) in [5.74, 6) is 0.880. The smallest absolute Gasteiger partial charge is 0.308 e. The van der Waals surface area contributed by atoms with Crippen molar-refractivity contribution >= 4 is 46.7 Å². The number of hydrogen-bond acceptors (Lipinski definition) is 2. The Morgan fingerprint density at radius 1 is 1.22 bits per heavy atom. The number of carbonyl (C=O) groups is 1. The van der Waals surface area contributed by atoms with E-state index in [1.165, 1.54) is 0 Å². The molecule has 1 saturated heterocycles. The Labute approximate surface area is 150 Å². The highest BCUT2D eigenvalue weighted by atomic mass is 35.5. The van der Waals surface area contributed by atoms with Gasteiger partial charge in [-0.2, -0.15) is 0 Å². The molecule has 1 fully saturated rings. The molecule has 0 bridgehead atoms. The molecule has 1 atom stereocenters. The fourth-order valence-corrected chi connectivity index (χ4v) is 4.34. The van der Waals surface area contributed by atoms with Crippen molar-refractivity contribution in [2.24, 2.45) is 0 Å². The number of halogens is 2. The van der Waals surface area contributed by atoms with Crippen molar-refractivity contribution in [3.05, 3.63) is 63.6 Å². The third kappa shape index (κ3) is 3.77. The summed E-state index contributed by atoms with van der Waals surface area (Å²) >= 11 is 14.0. The van der Waals surface area contributed by atoms with E-state index < -0.39 is 0 Å². The van der Waals surface area contributed by atoms with Crippen LogP contribution in [0.4, 0.5) is 10.5 Å². The standard InChI is InChI=1S/C17H16Cl2N2OS/c1-11-2-5-13(6-3-11)20-17(22)21-8-9-23-16(21)14-7-4-12(18)10-15(14)19/h2-7,10,16H,8-9H2,1H3,(H,20,22)/t16-/m0/s1. The number of benzene rings is 2. The van der Waals surface area contributed by atoms with Crippen molar-refractivity contribution in [3.63, 3.8) is 0 Å². The SMILES string of the molecule is Cc1ccc(NC(=O)N2CCS[C@H]2c2ccc(Cl)cc2Cl)cc1. The normalized spacial score (nSPS) is 17.3. The Morgan fingerprint density at radius 2 is 1.96 bits per heavy atom. The summed E-state index contributed by atoms with van der Waals surface area (Å²) in [7, 11) is 0. The van der Waals surface area contributed by atoms with Crippen LogP contribution in [0.1, 0.15) is 16.5 Å². The fourth-order valence-electron chi connectivity index (χ4n) is 2.47. The van der Waals surface area contributed by atoms with Crippen molar-refractivity contribution < 1.29 is 4.79 Å². The summed E-state index contributed by atoms with van der Waals surface area (Å²) in [6.45, 7) is 2.70. The highest BCUT2D eigenvalue weighted by Gasteiger charge is 2.32. The highest BCUT2D eigenvalue weighted by molar-refractivity contribution is 7.99. The molecule has 0 aliphatic carbocycles. The van der Waals surface area contributed by atoms with E-state index in [-0.39, 0.29) is 11.4 Å². The average molecular weight is 367 g/mol. The van der Waals surface area contributed by atoms with Gasteiger partial charge in [0.1, 0.15) is 5.37 Å². The van der Waals surface area contributed by atoms with Gasteiger partial charge in [-0.25, -0.2) is 4.79 Å². The second-order valence-corrected chi connectivity index (χ2v) is 7.41. The Kier molecular flexibility index (Phi) is 5.05. The molecule has 0 radical (unpaired) electrons. The molecule has 1 heterocycles. The van der Waals surface area contributed by atoms with Crippen LogP contribution in [0.3, 0.4) is 0 Å². The van der Waals surface area contributed by atoms with Gasteiger partial charge in [-0.1, -0.05) is 47.0 Å². The minimum Gasteiger partial charge on any atom is -0.308 e. The molecule has 0 unspecified atom stereocenters. The van der Waals surface area contributed by atoms with Crippen LogP contribution in [-0.4, -0.2) is 23.2 Å². The largest absolute Gasteiger partial charge is 0.323 e. The van der Waals surface area contributed by atoms with Gasteiger partial charge < -0.3 is 10.2 Å². The third-order valence-corrected chi connectivity index (χ3v) is 5.49. The van der Waals surface area contributed by atoms with Gasteiger partial charge in [0, 0.05) is 33.6 Å². The van der Waals surface area contributed by atoms with E-state index in [9.17, 15) is 4.79 Å². The Morgan fingerprint density at radius 3 is 2.65 bits per heavy atom. The molecule has 1 N–H and O–H groups in total. The van der Waals surface area contributed by atoms with Crippen LogP contribution in [-0.2, 0) is 0 Å². The van der Waals surface area contributed by atoms with Gasteiger partial charge in [0.15, 0.2) is 0 Å². The van der Waals surface area contributed by atoms with Crippen LogP contribution in [0.25, 0.3) is 0 Å². The highest BCUT2D eigenvalue weighted by Crippen LogP contribution is 2.41. The number of rotatable bonds is 2. The first kappa shape index (κ1) is 16.5. The van der Waals surface area contributed by atoms with E-state index in [0.717, 1.165) is 22.6 Å². The molecule has 0 aromatic heterocycles. The maximum Gasteiger partial charge on any atom is 0.323 e. The molecule has 0 saturated carbocycles. The molecular weight excluding hydrogens is 351 g/mol. The van der Waals surface area contributed by atoms with Crippen molar-refractivity contribution in [2.75, 3.05) is 17.6 Å². The Balaban J connectivity index is 1.78. The van der Waals surface area contributed by atoms with Crippen LogP contribution >= 0.6 is 35.0 Å². The van der Waals surface area contributed by atoms with E-state index in [0.29, 0.717) is 16.6 Å². The number of anilines is 1. The zero-order valence-corrected chi connectivity index (χ0v) is 14.9. The molecule has 2 aromatic carbocycles. The monoisotopic (exact) mass is 366 g/mol. The second kappa shape index (κ2) is 7.04. The zero-order chi connectivity index (χ0) is 16.4. The maximum absolute atomic E-state index is 12.6. The predicted molar refractivity (Wildman–Crippen MR) is 98.6 cm³/mol. The van der Waals surface area contributed by atoms with Crippen molar-refractivity contribution in [2.45, 2.75) is 12.3 Å². The van der Waals surface area contributed by atoms with Gasteiger partial charge in [-0.3, -0.25) is 0 Å². The van der Waals surface area contributed by atoms with Crippen molar-refractivity contribution in [3.8, 4) is 0 Å². The molecule has 1 aliphatic heterocycles. The summed E-state index contributed by atoms with van der Waals surface area (Å²) in [6, 6.07) is 13.0. The maximum atomic E-state index is 12.6. The number of urea groups is 1. The number of thioether (sulfide) groups is 1. The van der Waals surface area contributed by atoms with Crippen LogP contribution in [0.5, 0.6) is 0 Å². The lowest BCUT2D eigenvalue weighted by Crippen LogP contribution is -2.34. The molecule has 1 aliphatic rings. The van der Waals surface area contributed by atoms with Gasteiger partial charge in [0.2, 0.25) is 0 Å². The summed E-state index contributed by atoms with van der Waals surface area (Å²) in [5, 5.41) is 4.04. The summed E-state index contributed by atoms with van der Waals surface area (Å²) in [5.41, 5.74) is 2.86. The topological polar surface area (TPSA) is 32.3 Å². The first-order valence-corrected chi connectivity index (χ1v) is 9.06. The van der Waals surface area contributed by atoms with E-state index >= 15 is 0 Å². The number of hydrogen-bond donors (Lipinski definition) is 1. The molecule has 0 spiro atoms. The summed E-state index contributed by atoms with van der Waals surface area (Å²) in [4.78, 5) is 14.4. The minimum absolute atomic E-state index is 0.0924. The summed E-state index contributed by atoms with van der Waals surface area (Å²) < 4.78 is 0. The van der Waals surface area contributed by atoms with Gasteiger partial charge in [-0.05, 0) is 31.2 Å². The van der Waals surface area contributed by atoms with Gasteiger partial charge in [-0.15, -0.1) is 11.8 Å². The lowest BCUT2D eigenvalue weighted by molar-refractivity contribution is 0.214. The van der Waals surface area contributed by atoms with E-state index in [1.807, 2.05) is 37.3 Å². The first-order chi connectivity index (χ1) is 11.0. The number of aryl methyl sites for hydroxylation is 1. The van der Waals surface area contributed by atoms with Gasteiger partial charge in [0.25, 0.3) is 0 Å².